The predicted molar refractivity (Wildman–Crippen MR) is 129 cm³/mol. The lowest BCUT2D eigenvalue weighted by Crippen LogP contribution is -2.57. The molecular weight excluding hydrogens is 512 g/mol. The smallest absolute Gasteiger partial charge is 0.259 e. The quantitative estimate of drug-likeness (QED) is 0.251. The fourth-order valence-electron chi connectivity index (χ4n) is 2.30. The van der Waals surface area contributed by atoms with Crippen molar-refractivity contribution in [2.24, 2.45) is 0 Å². The highest BCUT2D eigenvalue weighted by Gasteiger charge is 2.34. The van der Waals surface area contributed by atoms with Crippen LogP contribution in [0, 0.1) is 13.8 Å². The first kappa shape index (κ1) is 25.1. The number of benzene rings is 2. The number of alkyl halides is 3. The summed E-state index contributed by atoms with van der Waals surface area (Å²) in [5, 5.41) is 9.24. The second-order valence-electron chi connectivity index (χ2n) is 6.32. The fourth-order valence-corrected chi connectivity index (χ4v) is 3.32. The molecule has 0 fully saturated rings. The van der Waals surface area contributed by atoms with Crippen LogP contribution in [0.25, 0.3) is 0 Å². The number of hydrogen-bond acceptors (Lipinski definition) is 3. The molecule has 1 amide bonds. The normalized spacial score (nSPS) is 12.1. The van der Waals surface area contributed by atoms with Gasteiger partial charge in [0.15, 0.2) is 11.7 Å². The molecule has 0 aliphatic heterocycles. The fraction of sp³-hybridized carbons (Fsp3) is 0.263. The number of carbonyl (C=O) groups is 1. The van der Waals surface area contributed by atoms with E-state index in [0.717, 1.165) is 16.8 Å². The Morgan fingerprint density at radius 1 is 1.10 bits per heavy atom. The molecule has 2 aromatic carbocycles. The van der Waals surface area contributed by atoms with Crippen LogP contribution in [-0.2, 0) is 4.79 Å². The highest BCUT2D eigenvalue weighted by Crippen LogP contribution is 2.30. The minimum absolute atomic E-state index is 0.169. The standard InChI is InChI=1S/C19H18Cl5N3O2S/c1-10-3-4-11(2)14(7-10)25-18(30)27-17(19(22,23)24)26-16(28)9-29-15-6-5-12(20)8-13(15)21/h3-8,17H,9H2,1-2H3,(H,26,28)(H2,25,27,30). The zero-order chi connectivity index (χ0) is 22.5. The van der Waals surface area contributed by atoms with Crippen molar-refractivity contribution in [3.8, 4) is 5.75 Å². The summed E-state index contributed by atoms with van der Waals surface area (Å²) in [5.74, 6) is -0.263. The summed E-state index contributed by atoms with van der Waals surface area (Å²) in [6.45, 7) is 3.52. The van der Waals surface area contributed by atoms with Gasteiger partial charge in [0.1, 0.15) is 11.9 Å². The zero-order valence-corrected chi connectivity index (χ0v) is 20.5. The van der Waals surface area contributed by atoms with Gasteiger partial charge in [-0.25, -0.2) is 0 Å². The summed E-state index contributed by atoms with van der Waals surface area (Å²) in [6.07, 6.45) is -1.12. The Morgan fingerprint density at radius 3 is 2.43 bits per heavy atom. The summed E-state index contributed by atoms with van der Waals surface area (Å²) in [6, 6.07) is 10.5. The molecule has 5 nitrogen and oxygen atoms in total. The molecule has 11 heteroatoms. The van der Waals surface area contributed by atoms with Gasteiger partial charge in [-0.3, -0.25) is 4.79 Å². The van der Waals surface area contributed by atoms with Crippen molar-refractivity contribution in [3.05, 3.63) is 57.6 Å². The number of thiocarbonyl (C=S) groups is 1. The summed E-state index contributed by atoms with van der Waals surface area (Å²) in [7, 11) is 0. The number of amides is 1. The number of rotatable bonds is 6. The van der Waals surface area contributed by atoms with Gasteiger partial charge in [-0.1, -0.05) is 70.1 Å². The average molecular weight is 530 g/mol. The van der Waals surface area contributed by atoms with Gasteiger partial charge in [0.05, 0.1) is 5.02 Å². The van der Waals surface area contributed by atoms with Gasteiger partial charge in [-0.05, 0) is 61.5 Å². The number of ether oxygens (including phenoxy) is 1. The monoisotopic (exact) mass is 527 g/mol. The molecule has 3 N–H and O–H groups in total. The van der Waals surface area contributed by atoms with Crippen molar-refractivity contribution in [3.63, 3.8) is 0 Å². The molecule has 30 heavy (non-hydrogen) atoms. The molecule has 2 aromatic rings. The predicted octanol–water partition coefficient (Wildman–Crippen LogP) is 5.79. The molecule has 162 valence electrons. The van der Waals surface area contributed by atoms with E-state index in [9.17, 15) is 4.79 Å². The maximum Gasteiger partial charge on any atom is 0.259 e. The average Bonchev–Trinajstić information content (AvgIpc) is 2.62. The van der Waals surface area contributed by atoms with Crippen LogP contribution in [0.5, 0.6) is 5.75 Å². The Morgan fingerprint density at radius 2 is 1.80 bits per heavy atom. The Bertz CT molecular complexity index is 937. The Hall–Kier alpha value is -1.15. The van der Waals surface area contributed by atoms with Gasteiger partial charge < -0.3 is 20.7 Å². The SMILES string of the molecule is Cc1ccc(C)c(NC(=S)NC(NC(=O)COc2ccc(Cl)cc2Cl)C(Cl)(Cl)Cl)c1. The van der Waals surface area contributed by atoms with E-state index in [-0.39, 0.29) is 16.7 Å². The van der Waals surface area contributed by atoms with Crippen LogP contribution in [0.15, 0.2) is 36.4 Å². The van der Waals surface area contributed by atoms with Gasteiger partial charge in [0.2, 0.25) is 3.79 Å². The van der Waals surface area contributed by atoms with Crippen molar-refractivity contribution >= 4 is 86.9 Å². The van der Waals surface area contributed by atoms with Crippen LogP contribution in [0.3, 0.4) is 0 Å². The minimum Gasteiger partial charge on any atom is -0.482 e. The molecule has 1 unspecified atom stereocenters. The molecule has 0 saturated heterocycles. The van der Waals surface area contributed by atoms with E-state index in [1.807, 2.05) is 32.0 Å². The topological polar surface area (TPSA) is 62.4 Å². The number of nitrogens with one attached hydrogen (secondary N) is 3. The Labute approximate surface area is 205 Å². The van der Waals surface area contributed by atoms with Crippen LogP contribution in [0.2, 0.25) is 10.0 Å². The molecular formula is C19H18Cl5N3O2S. The Kier molecular flexibility index (Phi) is 9.15. The van der Waals surface area contributed by atoms with E-state index in [1.54, 1.807) is 12.1 Å². The third kappa shape index (κ3) is 7.84. The summed E-state index contributed by atoms with van der Waals surface area (Å²) in [5.41, 5.74) is 2.82. The van der Waals surface area contributed by atoms with Gasteiger partial charge in [0, 0.05) is 10.7 Å². The van der Waals surface area contributed by atoms with E-state index < -0.39 is 15.9 Å². The molecule has 2 rings (SSSR count). The largest absolute Gasteiger partial charge is 0.482 e. The first-order valence-electron chi connectivity index (χ1n) is 8.54. The number of carbonyl (C=O) groups excluding carboxylic acids is 1. The third-order valence-electron chi connectivity index (χ3n) is 3.80. The second kappa shape index (κ2) is 10.9. The number of anilines is 1. The van der Waals surface area contributed by atoms with Crippen LogP contribution in [-0.4, -0.2) is 27.6 Å². The van der Waals surface area contributed by atoms with E-state index in [4.69, 9.17) is 75.0 Å². The highest BCUT2D eigenvalue weighted by atomic mass is 35.6. The first-order chi connectivity index (χ1) is 14.0. The molecule has 0 aliphatic carbocycles. The van der Waals surface area contributed by atoms with Gasteiger partial charge in [0.25, 0.3) is 5.91 Å². The maximum atomic E-state index is 12.3. The molecule has 0 saturated carbocycles. The minimum atomic E-state index is -1.89. The second-order valence-corrected chi connectivity index (χ2v) is 9.94. The molecule has 0 spiro atoms. The molecule has 0 aromatic heterocycles. The van der Waals surface area contributed by atoms with Gasteiger partial charge >= 0.3 is 0 Å². The van der Waals surface area contributed by atoms with Crippen LogP contribution < -0.4 is 20.7 Å². The maximum absolute atomic E-state index is 12.3. The zero-order valence-electron chi connectivity index (χ0n) is 15.9. The van der Waals surface area contributed by atoms with Crippen molar-refractivity contribution in [1.82, 2.24) is 10.6 Å². The van der Waals surface area contributed by atoms with Crippen LogP contribution in [0.1, 0.15) is 11.1 Å². The molecule has 1 atom stereocenters. The lowest BCUT2D eigenvalue weighted by Gasteiger charge is -2.28. The number of halogens is 5. The summed E-state index contributed by atoms with van der Waals surface area (Å²) in [4.78, 5) is 12.3. The molecule has 0 aliphatic rings. The lowest BCUT2D eigenvalue weighted by molar-refractivity contribution is -0.123. The highest BCUT2D eigenvalue weighted by molar-refractivity contribution is 7.80. The van der Waals surface area contributed by atoms with Gasteiger partial charge in [-0.2, -0.15) is 0 Å². The molecule has 0 heterocycles. The van der Waals surface area contributed by atoms with Crippen molar-refractivity contribution in [2.75, 3.05) is 11.9 Å². The van der Waals surface area contributed by atoms with Crippen molar-refractivity contribution < 1.29 is 9.53 Å². The van der Waals surface area contributed by atoms with Crippen LogP contribution in [0.4, 0.5) is 5.69 Å². The number of aryl methyl sites for hydroxylation is 2. The molecule has 0 radical (unpaired) electrons. The first-order valence-corrected chi connectivity index (χ1v) is 10.8. The molecule has 0 bridgehead atoms. The third-order valence-corrected chi connectivity index (χ3v) is 5.21. The lowest BCUT2D eigenvalue weighted by atomic mass is 10.1. The summed E-state index contributed by atoms with van der Waals surface area (Å²) < 4.78 is 3.50. The van der Waals surface area contributed by atoms with E-state index >= 15 is 0 Å². The van der Waals surface area contributed by atoms with E-state index in [2.05, 4.69) is 16.0 Å². The van der Waals surface area contributed by atoms with Gasteiger partial charge in [-0.15, -0.1) is 0 Å². The van der Waals surface area contributed by atoms with Crippen LogP contribution >= 0.6 is 70.2 Å². The van der Waals surface area contributed by atoms with Crippen molar-refractivity contribution in [1.29, 1.82) is 0 Å². The van der Waals surface area contributed by atoms with E-state index in [0.29, 0.717) is 10.8 Å². The number of hydrogen-bond donors (Lipinski definition) is 3. The summed E-state index contributed by atoms with van der Waals surface area (Å²) >= 11 is 35.1. The van der Waals surface area contributed by atoms with E-state index in [1.165, 1.54) is 6.07 Å². The Balaban J connectivity index is 1.98. The van der Waals surface area contributed by atoms with Crippen molar-refractivity contribution in [2.45, 2.75) is 23.8 Å².